The summed E-state index contributed by atoms with van der Waals surface area (Å²) in [5.41, 5.74) is 1.29. The number of carbonyl (C=O) groups is 2. The minimum absolute atomic E-state index is 0. The highest BCUT2D eigenvalue weighted by Crippen LogP contribution is 2.08. The van der Waals surface area contributed by atoms with Gasteiger partial charge in [-0.1, -0.05) is 30.3 Å². The fourth-order valence-corrected chi connectivity index (χ4v) is 2.58. The van der Waals surface area contributed by atoms with Crippen LogP contribution in [0, 0.1) is 0 Å². The highest BCUT2D eigenvalue weighted by atomic mass is 35.5. The van der Waals surface area contributed by atoms with Gasteiger partial charge in [0.25, 0.3) is 0 Å². The Kier molecular flexibility index (Phi) is 7.91. The number of nitrogens with one attached hydrogen (secondary N) is 2. The summed E-state index contributed by atoms with van der Waals surface area (Å²) in [7, 11) is 1.59. The Morgan fingerprint density at radius 3 is 2.77 bits per heavy atom. The quantitative estimate of drug-likeness (QED) is 0.819. The average Bonchev–Trinajstić information content (AvgIpc) is 2.52. The zero-order valence-corrected chi connectivity index (χ0v) is 13.7. The second kappa shape index (κ2) is 9.43. The molecule has 22 heavy (non-hydrogen) atoms. The Hall–Kier alpha value is -1.59. The Balaban J connectivity index is 0.00000242. The number of carbonyl (C=O) groups excluding carboxylic acids is 2. The summed E-state index contributed by atoms with van der Waals surface area (Å²) < 4.78 is 0. The molecular formula is C16H24ClN3O2. The summed E-state index contributed by atoms with van der Waals surface area (Å²) in [6.07, 6.45) is 2.13. The molecule has 1 aliphatic heterocycles. The Labute approximate surface area is 137 Å². The normalized spacial score (nSPS) is 17.8. The Morgan fingerprint density at radius 1 is 1.36 bits per heavy atom. The van der Waals surface area contributed by atoms with E-state index in [4.69, 9.17) is 0 Å². The van der Waals surface area contributed by atoms with Gasteiger partial charge in [-0.25, -0.2) is 0 Å². The van der Waals surface area contributed by atoms with Crippen molar-refractivity contribution in [3.63, 3.8) is 0 Å². The number of nitrogens with zero attached hydrogens (tertiary/aromatic N) is 1. The molecule has 0 aliphatic carbocycles. The Morgan fingerprint density at radius 2 is 2.09 bits per heavy atom. The van der Waals surface area contributed by atoms with Crippen molar-refractivity contribution in [3.8, 4) is 0 Å². The monoisotopic (exact) mass is 325 g/mol. The molecule has 0 saturated carbocycles. The first-order valence-electron chi connectivity index (χ1n) is 7.47. The second-order valence-corrected chi connectivity index (χ2v) is 5.30. The van der Waals surface area contributed by atoms with Crippen LogP contribution in [0.5, 0.6) is 0 Å². The lowest BCUT2D eigenvalue weighted by Crippen LogP contribution is -2.56. The Bertz CT molecular complexity index is 482. The molecule has 0 aromatic heterocycles. The van der Waals surface area contributed by atoms with Gasteiger partial charge in [0.15, 0.2) is 0 Å². The fourth-order valence-electron chi connectivity index (χ4n) is 2.58. The van der Waals surface area contributed by atoms with Crippen LogP contribution in [0.4, 0.5) is 0 Å². The van der Waals surface area contributed by atoms with Gasteiger partial charge in [0.2, 0.25) is 11.8 Å². The van der Waals surface area contributed by atoms with Crippen molar-refractivity contribution < 1.29 is 9.59 Å². The zero-order chi connectivity index (χ0) is 15.1. The predicted molar refractivity (Wildman–Crippen MR) is 89.1 cm³/mol. The molecule has 0 bridgehead atoms. The van der Waals surface area contributed by atoms with Crippen LogP contribution < -0.4 is 10.6 Å². The standard InChI is InChI=1S/C16H23N3O2.ClH/c1-17-15(20)12-14-16(21)19(11-9-18-14)10-5-8-13-6-3-2-4-7-13;/h2-4,6-7,14,18H,5,8-12H2,1H3,(H,17,20);1H. The average molecular weight is 326 g/mol. The summed E-state index contributed by atoms with van der Waals surface area (Å²) in [4.78, 5) is 25.6. The van der Waals surface area contributed by atoms with Gasteiger partial charge in [-0.2, -0.15) is 0 Å². The van der Waals surface area contributed by atoms with Gasteiger partial charge in [0.05, 0.1) is 12.5 Å². The molecule has 6 heteroatoms. The number of halogens is 1. The van der Waals surface area contributed by atoms with E-state index in [2.05, 4.69) is 22.8 Å². The zero-order valence-electron chi connectivity index (χ0n) is 12.9. The third-order valence-corrected chi connectivity index (χ3v) is 3.79. The first-order chi connectivity index (χ1) is 10.2. The van der Waals surface area contributed by atoms with Gasteiger partial charge >= 0.3 is 0 Å². The topological polar surface area (TPSA) is 61.4 Å². The van der Waals surface area contributed by atoms with E-state index in [9.17, 15) is 9.59 Å². The summed E-state index contributed by atoms with van der Waals surface area (Å²) in [5, 5.41) is 5.68. The van der Waals surface area contributed by atoms with Crippen molar-refractivity contribution >= 4 is 24.2 Å². The van der Waals surface area contributed by atoms with E-state index in [1.165, 1.54) is 5.56 Å². The van der Waals surface area contributed by atoms with Crippen LogP contribution in [0.3, 0.4) is 0 Å². The van der Waals surface area contributed by atoms with Crippen molar-refractivity contribution in [2.45, 2.75) is 25.3 Å². The summed E-state index contributed by atoms with van der Waals surface area (Å²) >= 11 is 0. The molecule has 1 atom stereocenters. The van der Waals surface area contributed by atoms with Crippen molar-refractivity contribution in [2.75, 3.05) is 26.7 Å². The van der Waals surface area contributed by atoms with Gasteiger partial charge in [0, 0.05) is 26.7 Å². The number of rotatable bonds is 6. The summed E-state index contributed by atoms with van der Waals surface area (Å²) in [6.45, 7) is 2.22. The molecule has 1 saturated heterocycles. The molecule has 1 aromatic rings. The van der Waals surface area contributed by atoms with Gasteiger partial charge in [-0.15, -0.1) is 12.4 Å². The van der Waals surface area contributed by atoms with Crippen LogP contribution in [0.1, 0.15) is 18.4 Å². The minimum Gasteiger partial charge on any atom is -0.359 e. The molecule has 122 valence electrons. The number of hydrogen-bond acceptors (Lipinski definition) is 3. The molecular weight excluding hydrogens is 302 g/mol. The molecule has 1 fully saturated rings. The smallest absolute Gasteiger partial charge is 0.240 e. The molecule has 5 nitrogen and oxygen atoms in total. The van der Waals surface area contributed by atoms with Crippen molar-refractivity contribution in [1.82, 2.24) is 15.5 Å². The number of benzene rings is 1. The fraction of sp³-hybridized carbons (Fsp3) is 0.500. The summed E-state index contributed by atoms with van der Waals surface area (Å²) in [5.74, 6) is -0.0649. The van der Waals surface area contributed by atoms with E-state index in [1.54, 1.807) is 7.05 Å². The third kappa shape index (κ3) is 5.31. The van der Waals surface area contributed by atoms with Gasteiger partial charge in [-0.05, 0) is 18.4 Å². The van der Waals surface area contributed by atoms with Crippen molar-refractivity contribution in [2.24, 2.45) is 0 Å². The largest absolute Gasteiger partial charge is 0.359 e. The molecule has 1 aromatic carbocycles. The minimum atomic E-state index is -0.379. The summed E-state index contributed by atoms with van der Waals surface area (Å²) in [6, 6.07) is 9.90. The van der Waals surface area contributed by atoms with Gasteiger partial charge in [0.1, 0.15) is 0 Å². The maximum Gasteiger partial charge on any atom is 0.240 e. The number of aryl methyl sites for hydroxylation is 1. The lowest BCUT2D eigenvalue weighted by Gasteiger charge is -2.33. The van der Waals surface area contributed by atoms with E-state index < -0.39 is 0 Å². The van der Waals surface area contributed by atoms with Gasteiger partial charge in [-0.3, -0.25) is 9.59 Å². The number of hydrogen-bond donors (Lipinski definition) is 2. The lowest BCUT2D eigenvalue weighted by atomic mass is 10.1. The van der Waals surface area contributed by atoms with E-state index in [0.717, 1.165) is 32.5 Å². The molecule has 2 amide bonds. The first kappa shape index (κ1) is 18.5. The molecule has 2 rings (SSSR count). The molecule has 1 unspecified atom stereocenters. The maximum absolute atomic E-state index is 12.3. The van der Waals surface area contributed by atoms with E-state index in [-0.39, 0.29) is 36.7 Å². The second-order valence-electron chi connectivity index (χ2n) is 5.30. The first-order valence-corrected chi connectivity index (χ1v) is 7.47. The van der Waals surface area contributed by atoms with Crippen LogP contribution in [0.15, 0.2) is 30.3 Å². The molecule has 0 spiro atoms. The highest BCUT2D eigenvalue weighted by Gasteiger charge is 2.29. The third-order valence-electron chi connectivity index (χ3n) is 3.79. The molecule has 1 aliphatic rings. The van der Waals surface area contributed by atoms with Crippen molar-refractivity contribution in [1.29, 1.82) is 0 Å². The maximum atomic E-state index is 12.3. The number of amides is 2. The highest BCUT2D eigenvalue weighted by molar-refractivity contribution is 5.88. The van der Waals surface area contributed by atoms with Gasteiger partial charge < -0.3 is 15.5 Å². The molecule has 1 heterocycles. The molecule has 0 radical (unpaired) electrons. The van der Waals surface area contributed by atoms with Crippen LogP contribution in [-0.4, -0.2) is 49.4 Å². The predicted octanol–water partition coefficient (Wildman–Crippen LogP) is 0.978. The SMILES string of the molecule is CNC(=O)CC1NCCN(CCCc2ccccc2)C1=O.Cl. The van der Waals surface area contributed by atoms with Crippen LogP contribution in [0.2, 0.25) is 0 Å². The lowest BCUT2D eigenvalue weighted by molar-refractivity contribution is -0.138. The van der Waals surface area contributed by atoms with Crippen LogP contribution in [0.25, 0.3) is 0 Å². The number of piperazine rings is 1. The van der Waals surface area contributed by atoms with Crippen LogP contribution >= 0.6 is 12.4 Å². The van der Waals surface area contributed by atoms with E-state index >= 15 is 0 Å². The van der Waals surface area contributed by atoms with Crippen molar-refractivity contribution in [3.05, 3.63) is 35.9 Å². The van der Waals surface area contributed by atoms with Crippen LogP contribution in [-0.2, 0) is 16.0 Å². The van der Waals surface area contributed by atoms with E-state index in [0.29, 0.717) is 0 Å². The van der Waals surface area contributed by atoms with E-state index in [1.807, 2.05) is 23.1 Å². The molecule has 2 N–H and O–H groups in total.